The van der Waals surface area contributed by atoms with Gasteiger partial charge in [0.25, 0.3) is 0 Å². The van der Waals surface area contributed by atoms with Gasteiger partial charge in [0, 0.05) is 16.5 Å². The lowest BCUT2D eigenvalue weighted by atomic mass is 10.00. The van der Waals surface area contributed by atoms with Crippen molar-refractivity contribution in [3.05, 3.63) is 46.1 Å². The molecule has 0 amide bonds. The lowest BCUT2D eigenvalue weighted by Crippen LogP contribution is -2.11. The molecular formula is C13H13BrO2. The second-order valence-electron chi connectivity index (χ2n) is 3.84. The van der Waals surface area contributed by atoms with E-state index in [2.05, 4.69) is 15.9 Å². The van der Waals surface area contributed by atoms with Crippen LogP contribution in [0.2, 0.25) is 0 Å². The number of allylic oxidation sites excluding steroid dienone is 1. The van der Waals surface area contributed by atoms with Gasteiger partial charge in [-0.1, -0.05) is 28.1 Å². The number of carbonyl (C=O) groups is 1. The van der Waals surface area contributed by atoms with Gasteiger partial charge in [-0.15, -0.1) is 0 Å². The van der Waals surface area contributed by atoms with Crippen LogP contribution in [-0.2, 0) is 16.0 Å². The Morgan fingerprint density at radius 3 is 2.69 bits per heavy atom. The maximum Gasteiger partial charge on any atom is 0.166 e. The molecule has 0 N–H and O–H groups in total. The van der Waals surface area contributed by atoms with Crippen molar-refractivity contribution in [2.75, 3.05) is 6.61 Å². The van der Waals surface area contributed by atoms with Crippen molar-refractivity contribution in [3.63, 3.8) is 0 Å². The second-order valence-corrected chi connectivity index (χ2v) is 4.76. The van der Waals surface area contributed by atoms with E-state index in [1.807, 2.05) is 24.3 Å². The first-order chi connectivity index (χ1) is 7.75. The Morgan fingerprint density at radius 2 is 2.06 bits per heavy atom. The third-order valence-electron chi connectivity index (χ3n) is 2.57. The molecule has 2 rings (SSSR count). The molecule has 1 aliphatic rings. The number of hydrogen-bond donors (Lipinski definition) is 0. The maximum atomic E-state index is 11.9. The van der Waals surface area contributed by atoms with E-state index in [4.69, 9.17) is 4.74 Å². The van der Waals surface area contributed by atoms with Crippen LogP contribution in [-0.4, -0.2) is 12.4 Å². The molecule has 0 bridgehead atoms. The highest BCUT2D eigenvalue weighted by Crippen LogP contribution is 2.16. The number of hydrogen-bond acceptors (Lipinski definition) is 2. The van der Waals surface area contributed by atoms with Crippen molar-refractivity contribution in [1.82, 2.24) is 0 Å². The largest absolute Gasteiger partial charge is 0.501 e. The van der Waals surface area contributed by atoms with E-state index in [1.54, 1.807) is 6.26 Å². The molecule has 3 heteroatoms. The number of Topliss-reactive ketones (excluding diaryl/α,β-unsaturated/α-hetero) is 1. The first-order valence-corrected chi connectivity index (χ1v) is 6.13. The van der Waals surface area contributed by atoms with Crippen LogP contribution in [0.25, 0.3) is 0 Å². The highest BCUT2D eigenvalue weighted by molar-refractivity contribution is 9.10. The molecule has 0 fully saturated rings. The summed E-state index contributed by atoms with van der Waals surface area (Å²) < 4.78 is 6.20. The monoisotopic (exact) mass is 280 g/mol. The summed E-state index contributed by atoms with van der Waals surface area (Å²) >= 11 is 3.37. The molecule has 1 aromatic rings. The molecule has 0 saturated carbocycles. The van der Waals surface area contributed by atoms with Crippen LogP contribution >= 0.6 is 15.9 Å². The predicted octanol–water partition coefficient (Wildman–Crippen LogP) is 3.26. The SMILES string of the molecule is O=C(Cc1ccc(Br)cc1)C1=COCCC1. The Hall–Kier alpha value is -1.09. The van der Waals surface area contributed by atoms with Gasteiger partial charge >= 0.3 is 0 Å². The molecule has 0 saturated heterocycles. The molecule has 84 valence electrons. The molecule has 0 atom stereocenters. The van der Waals surface area contributed by atoms with Crippen molar-refractivity contribution in [3.8, 4) is 0 Å². The van der Waals surface area contributed by atoms with Gasteiger partial charge in [0.05, 0.1) is 12.9 Å². The van der Waals surface area contributed by atoms with Crippen LogP contribution in [0, 0.1) is 0 Å². The van der Waals surface area contributed by atoms with Gasteiger partial charge in [-0.05, 0) is 30.5 Å². The summed E-state index contributed by atoms with van der Waals surface area (Å²) in [6.45, 7) is 0.731. The Bertz CT molecular complexity index is 406. The maximum absolute atomic E-state index is 11.9. The lowest BCUT2D eigenvalue weighted by Gasteiger charge is -2.12. The van der Waals surface area contributed by atoms with Crippen LogP contribution in [0.5, 0.6) is 0 Å². The standard InChI is InChI=1S/C13H13BrO2/c14-12-5-3-10(4-6-12)8-13(15)11-2-1-7-16-9-11/h3-6,9H,1-2,7-8H2. The summed E-state index contributed by atoms with van der Waals surface area (Å²) in [4.78, 5) is 11.9. The summed E-state index contributed by atoms with van der Waals surface area (Å²) in [5.41, 5.74) is 1.86. The van der Waals surface area contributed by atoms with Gasteiger partial charge in [0.1, 0.15) is 0 Å². The van der Waals surface area contributed by atoms with Crippen molar-refractivity contribution < 1.29 is 9.53 Å². The molecule has 0 aromatic heterocycles. The zero-order chi connectivity index (χ0) is 11.4. The summed E-state index contributed by atoms with van der Waals surface area (Å²) in [5, 5.41) is 0. The molecule has 1 aliphatic heterocycles. The zero-order valence-electron chi connectivity index (χ0n) is 8.91. The molecule has 0 aliphatic carbocycles. The molecule has 1 heterocycles. The fourth-order valence-electron chi connectivity index (χ4n) is 1.67. The van der Waals surface area contributed by atoms with Crippen LogP contribution in [0.1, 0.15) is 18.4 Å². The Morgan fingerprint density at radius 1 is 1.31 bits per heavy atom. The average Bonchev–Trinajstić information content (AvgIpc) is 2.33. The number of halogens is 1. The molecule has 1 aromatic carbocycles. The number of ether oxygens (including phenoxy) is 1. The van der Waals surface area contributed by atoms with Gasteiger partial charge in [-0.2, -0.15) is 0 Å². The van der Waals surface area contributed by atoms with E-state index in [0.29, 0.717) is 6.42 Å². The van der Waals surface area contributed by atoms with Gasteiger partial charge in [0.15, 0.2) is 5.78 Å². The van der Waals surface area contributed by atoms with E-state index in [0.717, 1.165) is 35.1 Å². The number of benzene rings is 1. The van der Waals surface area contributed by atoms with E-state index in [1.165, 1.54) is 0 Å². The van der Waals surface area contributed by atoms with Gasteiger partial charge in [-0.25, -0.2) is 0 Å². The Labute approximate surface area is 103 Å². The van der Waals surface area contributed by atoms with Crippen molar-refractivity contribution in [2.24, 2.45) is 0 Å². The highest BCUT2D eigenvalue weighted by Gasteiger charge is 2.13. The first kappa shape index (κ1) is 11.4. The molecule has 0 radical (unpaired) electrons. The first-order valence-electron chi connectivity index (χ1n) is 5.34. The molecule has 2 nitrogen and oxygen atoms in total. The van der Waals surface area contributed by atoms with Crippen molar-refractivity contribution >= 4 is 21.7 Å². The van der Waals surface area contributed by atoms with E-state index >= 15 is 0 Å². The van der Waals surface area contributed by atoms with Gasteiger partial charge in [0.2, 0.25) is 0 Å². The topological polar surface area (TPSA) is 26.3 Å². The van der Waals surface area contributed by atoms with E-state index in [-0.39, 0.29) is 5.78 Å². The Kier molecular flexibility index (Phi) is 3.78. The fourth-order valence-corrected chi connectivity index (χ4v) is 1.94. The smallest absolute Gasteiger partial charge is 0.166 e. The quantitative estimate of drug-likeness (QED) is 0.850. The van der Waals surface area contributed by atoms with Crippen LogP contribution in [0.15, 0.2) is 40.6 Å². The minimum Gasteiger partial charge on any atom is -0.501 e. The van der Waals surface area contributed by atoms with Gasteiger partial charge in [-0.3, -0.25) is 4.79 Å². The number of carbonyl (C=O) groups excluding carboxylic acids is 1. The van der Waals surface area contributed by atoms with Crippen LogP contribution in [0.3, 0.4) is 0 Å². The minimum atomic E-state index is 0.169. The minimum absolute atomic E-state index is 0.169. The zero-order valence-corrected chi connectivity index (χ0v) is 10.5. The number of ketones is 1. The summed E-state index contributed by atoms with van der Waals surface area (Å²) in [5.74, 6) is 0.169. The summed E-state index contributed by atoms with van der Waals surface area (Å²) in [7, 11) is 0. The predicted molar refractivity (Wildman–Crippen MR) is 66.1 cm³/mol. The molecule has 0 unspecified atom stereocenters. The van der Waals surface area contributed by atoms with E-state index < -0.39 is 0 Å². The molecular weight excluding hydrogens is 268 g/mol. The second kappa shape index (κ2) is 5.30. The Balaban J connectivity index is 2.01. The fraction of sp³-hybridized carbons (Fsp3) is 0.308. The highest BCUT2D eigenvalue weighted by atomic mass is 79.9. The van der Waals surface area contributed by atoms with Crippen LogP contribution < -0.4 is 0 Å². The third-order valence-corrected chi connectivity index (χ3v) is 3.10. The number of rotatable bonds is 3. The summed E-state index contributed by atoms with van der Waals surface area (Å²) in [6.07, 6.45) is 3.86. The van der Waals surface area contributed by atoms with E-state index in [9.17, 15) is 4.79 Å². The normalized spacial score (nSPS) is 15.2. The van der Waals surface area contributed by atoms with Crippen molar-refractivity contribution in [1.29, 1.82) is 0 Å². The molecule has 0 spiro atoms. The van der Waals surface area contributed by atoms with Gasteiger partial charge < -0.3 is 4.74 Å². The molecule has 16 heavy (non-hydrogen) atoms. The lowest BCUT2D eigenvalue weighted by molar-refractivity contribution is -0.115. The van der Waals surface area contributed by atoms with Crippen LogP contribution in [0.4, 0.5) is 0 Å². The average molecular weight is 281 g/mol. The third kappa shape index (κ3) is 2.95. The van der Waals surface area contributed by atoms with Crippen molar-refractivity contribution in [2.45, 2.75) is 19.3 Å². The summed E-state index contributed by atoms with van der Waals surface area (Å²) in [6, 6.07) is 7.83.